The lowest BCUT2D eigenvalue weighted by molar-refractivity contribution is 0.216. The average molecular weight is 246 g/mol. The third-order valence-corrected chi connectivity index (χ3v) is 4.31. The summed E-state index contributed by atoms with van der Waals surface area (Å²) in [4.78, 5) is 2.54. The van der Waals surface area contributed by atoms with Crippen molar-refractivity contribution in [3.8, 4) is 0 Å². The highest BCUT2D eigenvalue weighted by molar-refractivity contribution is 5.33. The van der Waals surface area contributed by atoms with Gasteiger partial charge in [0.05, 0.1) is 0 Å². The Labute approximate surface area is 111 Å². The van der Waals surface area contributed by atoms with E-state index in [0.29, 0.717) is 0 Å². The van der Waals surface area contributed by atoms with Crippen LogP contribution in [0.2, 0.25) is 0 Å². The zero-order valence-corrected chi connectivity index (χ0v) is 12.0. The van der Waals surface area contributed by atoms with Crippen LogP contribution in [0.5, 0.6) is 0 Å². The number of nitrogens with zero attached hydrogens (tertiary/aromatic N) is 1. The zero-order valence-electron chi connectivity index (χ0n) is 12.0. The van der Waals surface area contributed by atoms with E-state index in [2.05, 4.69) is 49.3 Å². The fourth-order valence-corrected chi connectivity index (χ4v) is 2.82. The van der Waals surface area contributed by atoms with E-state index in [1.807, 2.05) is 0 Å². The summed E-state index contributed by atoms with van der Waals surface area (Å²) in [6.07, 6.45) is 3.91. The van der Waals surface area contributed by atoms with Crippen molar-refractivity contribution in [1.82, 2.24) is 10.2 Å². The molecule has 1 aromatic carbocycles. The maximum atomic E-state index is 3.49. The molecular weight excluding hydrogens is 220 g/mol. The van der Waals surface area contributed by atoms with E-state index in [-0.39, 0.29) is 0 Å². The minimum Gasteiger partial charge on any atom is -0.317 e. The lowest BCUT2D eigenvalue weighted by atomic mass is 10.0. The Hall–Kier alpha value is -0.860. The number of rotatable bonds is 3. The molecule has 1 heterocycles. The smallest absolute Gasteiger partial charge is 0.0236 e. The molecule has 1 saturated heterocycles. The zero-order chi connectivity index (χ0) is 13.0. The second-order valence-electron chi connectivity index (χ2n) is 5.61. The maximum absolute atomic E-state index is 3.49. The molecule has 0 bridgehead atoms. The molecule has 0 aromatic heterocycles. The van der Waals surface area contributed by atoms with Crippen molar-refractivity contribution >= 4 is 0 Å². The second kappa shape index (κ2) is 6.35. The quantitative estimate of drug-likeness (QED) is 0.882. The fraction of sp³-hybridized carbons (Fsp3) is 0.625. The Bertz CT molecular complexity index is 379. The first-order chi connectivity index (χ1) is 8.68. The van der Waals surface area contributed by atoms with Crippen LogP contribution in [0.4, 0.5) is 0 Å². The highest BCUT2D eigenvalue weighted by Gasteiger charge is 2.17. The molecule has 1 atom stereocenters. The van der Waals surface area contributed by atoms with Crippen molar-refractivity contribution in [1.29, 1.82) is 0 Å². The summed E-state index contributed by atoms with van der Waals surface area (Å²) in [5, 5.41) is 3.49. The largest absolute Gasteiger partial charge is 0.317 e. The van der Waals surface area contributed by atoms with E-state index in [4.69, 9.17) is 0 Å². The molecule has 0 radical (unpaired) electrons. The van der Waals surface area contributed by atoms with E-state index in [0.717, 1.165) is 12.6 Å². The van der Waals surface area contributed by atoms with Crippen LogP contribution in [0, 0.1) is 13.8 Å². The van der Waals surface area contributed by atoms with E-state index >= 15 is 0 Å². The molecule has 0 spiro atoms. The topological polar surface area (TPSA) is 15.3 Å². The lowest BCUT2D eigenvalue weighted by Gasteiger charge is -2.27. The average Bonchev–Trinajstić information content (AvgIpc) is 2.63. The molecule has 2 rings (SSSR count). The van der Waals surface area contributed by atoms with Crippen LogP contribution < -0.4 is 5.32 Å². The van der Waals surface area contributed by atoms with Gasteiger partial charge in [0.15, 0.2) is 0 Å². The van der Waals surface area contributed by atoms with E-state index < -0.39 is 0 Å². The molecule has 1 unspecified atom stereocenters. The first-order valence-corrected chi connectivity index (χ1v) is 7.14. The number of hydrogen-bond acceptors (Lipinski definition) is 2. The van der Waals surface area contributed by atoms with Gasteiger partial charge in [0, 0.05) is 12.6 Å². The van der Waals surface area contributed by atoms with Crippen molar-refractivity contribution in [3.05, 3.63) is 34.9 Å². The van der Waals surface area contributed by atoms with E-state index in [1.54, 1.807) is 0 Å². The molecule has 1 N–H and O–H groups in total. The molecule has 18 heavy (non-hydrogen) atoms. The molecule has 0 aliphatic carbocycles. The van der Waals surface area contributed by atoms with E-state index in [1.165, 1.54) is 49.0 Å². The number of aryl methyl sites for hydroxylation is 1. The lowest BCUT2D eigenvalue weighted by Crippen LogP contribution is -2.32. The van der Waals surface area contributed by atoms with Crippen molar-refractivity contribution in [2.45, 2.75) is 45.7 Å². The van der Waals surface area contributed by atoms with Gasteiger partial charge < -0.3 is 5.32 Å². The number of hydrogen-bond donors (Lipinski definition) is 1. The van der Waals surface area contributed by atoms with Crippen LogP contribution >= 0.6 is 0 Å². The van der Waals surface area contributed by atoms with Gasteiger partial charge in [-0.15, -0.1) is 0 Å². The van der Waals surface area contributed by atoms with Gasteiger partial charge in [0.25, 0.3) is 0 Å². The summed E-state index contributed by atoms with van der Waals surface area (Å²) >= 11 is 0. The predicted octanol–water partition coefficient (Wildman–Crippen LogP) is 2.88. The van der Waals surface area contributed by atoms with Gasteiger partial charge in [0.1, 0.15) is 0 Å². The maximum Gasteiger partial charge on any atom is 0.0236 e. The van der Waals surface area contributed by atoms with Crippen LogP contribution in [0.15, 0.2) is 18.2 Å². The summed E-state index contributed by atoms with van der Waals surface area (Å²) in [6, 6.07) is 7.39. The minimum atomic E-state index is 0.736. The SMILES string of the molecule is Cc1cccc(CN(C)C2CCCNCC2)c1C. The Morgan fingerprint density at radius 2 is 2.06 bits per heavy atom. The predicted molar refractivity (Wildman–Crippen MR) is 77.9 cm³/mol. The first-order valence-electron chi connectivity index (χ1n) is 7.14. The molecule has 1 aliphatic rings. The molecule has 0 amide bonds. The molecule has 1 aliphatic heterocycles. The Morgan fingerprint density at radius 1 is 1.22 bits per heavy atom. The Kier molecular flexibility index (Phi) is 4.79. The van der Waals surface area contributed by atoms with Gasteiger partial charge in [-0.1, -0.05) is 18.2 Å². The molecule has 100 valence electrons. The number of nitrogens with one attached hydrogen (secondary N) is 1. The van der Waals surface area contributed by atoms with Gasteiger partial charge >= 0.3 is 0 Å². The molecule has 1 aromatic rings. The standard InChI is InChI=1S/C16H26N2/c1-13-6-4-7-15(14(13)2)12-18(3)16-8-5-10-17-11-9-16/h4,6-7,16-17H,5,8-12H2,1-3H3. The van der Waals surface area contributed by atoms with Crippen molar-refractivity contribution < 1.29 is 0 Å². The van der Waals surface area contributed by atoms with Crippen molar-refractivity contribution in [2.75, 3.05) is 20.1 Å². The fourth-order valence-electron chi connectivity index (χ4n) is 2.82. The minimum absolute atomic E-state index is 0.736. The third kappa shape index (κ3) is 3.33. The second-order valence-corrected chi connectivity index (χ2v) is 5.61. The Balaban J connectivity index is 2.01. The monoisotopic (exact) mass is 246 g/mol. The molecule has 2 heteroatoms. The normalized spacial score (nSPS) is 21.0. The van der Waals surface area contributed by atoms with Crippen LogP contribution in [0.1, 0.15) is 36.0 Å². The first kappa shape index (κ1) is 13.6. The molecule has 0 saturated carbocycles. The van der Waals surface area contributed by atoms with Gasteiger partial charge in [0.2, 0.25) is 0 Å². The van der Waals surface area contributed by atoms with E-state index in [9.17, 15) is 0 Å². The van der Waals surface area contributed by atoms with Crippen molar-refractivity contribution in [2.24, 2.45) is 0 Å². The highest BCUT2D eigenvalue weighted by Crippen LogP contribution is 2.18. The Morgan fingerprint density at radius 3 is 2.89 bits per heavy atom. The van der Waals surface area contributed by atoms with Crippen LogP contribution in [-0.2, 0) is 6.54 Å². The van der Waals surface area contributed by atoms with Gasteiger partial charge in [-0.25, -0.2) is 0 Å². The van der Waals surface area contributed by atoms with Crippen LogP contribution in [0.25, 0.3) is 0 Å². The summed E-state index contributed by atoms with van der Waals surface area (Å²) in [6.45, 7) is 7.88. The summed E-state index contributed by atoms with van der Waals surface area (Å²) in [5.74, 6) is 0. The summed E-state index contributed by atoms with van der Waals surface area (Å²) in [5.41, 5.74) is 4.34. The van der Waals surface area contributed by atoms with Gasteiger partial charge in [-0.3, -0.25) is 4.90 Å². The van der Waals surface area contributed by atoms with Crippen LogP contribution in [-0.4, -0.2) is 31.1 Å². The van der Waals surface area contributed by atoms with Gasteiger partial charge in [-0.2, -0.15) is 0 Å². The molecule has 2 nitrogen and oxygen atoms in total. The summed E-state index contributed by atoms with van der Waals surface area (Å²) in [7, 11) is 2.28. The van der Waals surface area contributed by atoms with Crippen LogP contribution in [0.3, 0.4) is 0 Å². The third-order valence-electron chi connectivity index (χ3n) is 4.31. The van der Waals surface area contributed by atoms with Gasteiger partial charge in [-0.05, 0) is 69.9 Å². The highest BCUT2D eigenvalue weighted by atomic mass is 15.1. The summed E-state index contributed by atoms with van der Waals surface area (Å²) < 4.78 is 0. The van der Waals surface area contributed by atoms with Crippen molar-refractivity contribution in [3.63, 3.8) is 0 Å². The molecular formula is C16H26N2. The number of benzene rings is 1. The molecule has 1 fully saturated rings.